The molecule has 2 rings (SSSR count). The van der Waals surface area contributed by atoms with Crippen LogP contribution in [-0.2, 0) is 0 Å². The lowest BCUT2D eigenvalue weighted by molar-refractivity contribution is 1.28. The van der Waals surface area contributed by atoms with Gasteiger partial charge in [-0.15, -0.1) is 0 Å². The largest absolute Gasteiger partial charge is 0.255 e. The molecular weight excluding hydrogens is 196 g/mol. The highest BCUT2D eigenvalue weighted by Gasteiger charge is 1.97. The fourth-order valence-electron chi connectivity index (χ4n) is 1.45. The standard InChI is InChI=1S/C14H14N2/c1-11-6-8-13(9-7-11)16-12(2)14-5-3-4-10-15-14/h3-10H,1-2H3. The topological polar surface area (TPSA) is 25.2 Å². The third kappa shape index (κ3) is 2.54. The quantitative estimate of drug-likeness (QED) is 0.696. The van der Waals surface area contributed by atoms with Crippen molar-refractivity contribution in [2.75, 3.05) is 0 Å². The average molecular weight is 210 g/mol. The number of hydrogen-bond acceptors (Lipinski definition) is 2. The van der Waals surface area contributed by atoms with E-state index in [4.69, 9.17) is 0 Å². The number of aliphatic imine (C=N–C) groups is 1. The molecule has 16 heavy (non-hydrogen) atoms. The van der Waals surface area contributed by atoms with E-state index < -0.39 is 0 Å². The fraction of sp³-hybridized carbons (Fsp3) is 0.143. The first-order valence-electron chi connectivity index (χ1n) is 5.29. The van der Waals surface area contributed by atoms with Crippen molar-refractivity contribution in [1.82, 2.24) is 4.98 Å². The summed E-state index contributed by atoms with van der Waals surface area (Å²) in [7, 11) is 0. The molecule has 0 aliphatic carbocycles. The Bertz CT molecular complexity index is 484. The van der Waals surface area contributed by atoms with E-state index in [-0.39, 0.29) is 0 Å². The minimum absolute atomic E-state index is 0.920. The van der Waals surface area contributed by atoms with Crippen molar-refractivity contribution < 1.29 is 0 Å². The van der Waals surface area contributed by atoms with Gasteiger partial charge in [0.05, 0.1) is 17.1 Å². The Hall–Kier alpha value is -1.96. The molecule has 1 aromatic carbocycles. The average Bonchev–Trinajstić information content (AvgIpc) is 2.33. The lowest BCUT2D eigenvalue weighted by atomic mass is 10.2. The monoisotopic (exact) mass is 210 g/mol. The molecule has 2 nitrogen and oxygen atoms in total. The summed E-state index contributed by atoms with van der Waals surface area (Å²) in [4.78, 5) is 8.79. The highest BCUT2D eigenvalue weighted by molar-refractivity contribution is 5.98. The van der Waals surface area contributed by atoms with Gasteiger partial charge in [-0.05, 0) is 38.1 Å². The molecule has 0 N–H and O–H groups in total. The van der Waals surface area contributed by atoms with Crippen LogP contribution in [0.3, 0.4) is 0 Å². The van der Waals surface area contributed by atoms with E-state index in [1.54, 1.807) is 6.20 Å². The highest BCUT2D eigenvalue weighted by atomic mass is 14.8. The summed E-state index contributed by atoms with van der Waals surface area (Å²) in [6.07, 6.45) is 1.78. The van der Waals surface area contributed by atoms with Gasteiger partial charge in [0.15, 0.2) is 0 Å². The lowest BCUT2D eigenvalue weighted by Gasteiger charge is -2.00. The second-order valence-corrected chi connectivity index (χ2v) is 3.75. The number of pyridine rings is 1. The van der Waals surface area contributed by atoms with Crippen LogP contribution in [0.15, 0.2) is 53.7 Å². The molecule has 0 atom stereocenters. The van der Waals surface area contributed by atoms with E-state index in [2.05, 4.69) is 29.0 Å². The Morgan fingerprint density at radius 2 is 1.81 bits per heavy atom. The lowest BCUT2D eigenvalue weighted by Crippen LogP contribution is -1.96. The molecular formula is C14H14N2. The van der Waals surface area contributed by atoms with Crippen molar-refractivity contribution in [3.8, 4) is 0 Å². The van der Waals surface area contributed by atoms with Crippen molar-refractivity contribution in [2.24, 2.45) is 4.99 Å². The minimum Gasteiger partial charge on any atom is -0.255 e. The number of aryl methyl sites for hydroxylation is 1. The Kier molecular flexibility index (Phi) is 3.10. The summed E-state index contributed by atoms with van der Waals surface area (Å²) in [5.74, 6) is 0. The molecule has 2 heteroatoms. The van der Waals surface area contributed by atoms with E-state index in [1.807, 2.05) is 37.3 Å². The predicted molar refractivity (Wildman–Crippen MR) is 67.3 cm³/mol. The maximum absolute atomic E-state index is 4.52. The summed E-state index contributed by atoms with van der Waals surface area (Å²) in [6, 6.07) is 14.0. The van der Waals surface area contributed by atoms with Gasteiger partial charge in [0.2, 0.25) is 0 Å². The SMILES string of the molecule is CC(=Nc1ccc(C)cc1)c1ccccn1. The van der Waals surface area contributed by atoms with E-state index in [9.17, 15) is 0 Å². The van der Waals surface area contributed by atoms with Gasteiger partial charge < -0.3 is 0 Å². The van der Waals surface area contributed by atoms with Crippen LogP contribution in [0.1, 0.15) is 18.2 Å². The number of nitrogens with zero attached hydrogens (tertiary/aromatic N) is 2. The molecule has 0 fully saturated rings. The Morgan fingerprint density at radius 3 is 2.44 bits per heavy atom. The van der Waals surface area contributed by atoms with Gasteiger partial charge in [-0.2, -0.15) is 0 Å². The van der Waals surface area contributed by atoms with Gasteiger partial charge in [-0.3, -0.25) is 9.98 Å². The Morgan fingerprint density at radius 1 is 1.06 bits per heavy atom. The van der Waals surface area contributed by atoms with Crippen molar-refractivity contribution in [3.63, 3.8) is 0 Å². The Labute approximate surface area is 95.7 Å². The van der Waals surface area contributed by atoms with Gasteiger partial charge in [0.25, 0.3) is 0 Å². The maximum Gasteiger partial charge on any atom is 0.0841 e. The first-order valence-corrected chi connectivity index (χ1v) is 5.29. The molecule has 1 heterocycles. The molecule has 0 radical (unpaired) electrons. The van der Waals surface area contributed by atoms with Gasteiger partial charge in [0.1, 0.15) is 0 Å². The first-order chi connectivity index (χ1) is 7.75. The van der Waals surface area contributed by atoms with Crippen molar-refractivity contribution in [3.05, 3.63) is 59.9 Å². The zero-order valence-electron chi connectivity index (χ0n) is 9.51. The number of aromatic nitrogens is 1. The van der Waals surface area contributed by atoms with Crippen LogP contribution in [0.25, 0.3) is 0 Å². The fourth-order valence-corrected chi connectivity index (χ4v) is 1.45. The summed E-state index contributed by atoms with van der Waals surface area (Å²) in [6.45, 7) is 4.04. The van der Waals surface area contributed by atoms with E-state index in [0.29, 0.717) is 0 Å². The zero-order chi connectivity index (χ0) is 11.4. The zero-order valence-corrected chi connectivity index (χ0v) is 9.51. The number of rotatable bonds is 2. The molecule has 0 spiro atoms. The van der Waals surface area contributed by atoms with Gasteiger partial charge in [-0.1, -0.05) is 23.8 Å². The van der Waals surface area contributed by atoms with Gasteiger partial charge in [0, 0.05) is 6.20 Å². The Balaban J connectivity index is 2.28. The second-order valence-electron chi connectivity index (χ2n) is 3.75. The molecule has 0 amide bonds. The van der Waals surface area contributed by atoms with E-state index in [0.717, 1.165) is 17.1 Å². The summed E-state index contributed by atoms with van der Waals surface area (Å²) in [5.41, 5.74) is 4.07. The normalized spacial score (nSPS) is 11.5. The summed E-state index contributed by atoms with van der Waals surface area (Å²) < 4.78 is 0. The van der Waals surface area contributed by atoms with Gasteiger partial charge in [-0.25, -0.2) is 0 Å². The molecule has 2 aromatic rings. The van der Waals surface area contributed by atoms with Crippen molar-refractivity contribution >= 4 is 11.4 Å². The molecule has 0 aliphatic rings. The summed E-state index contributed by atoms with van der Waals surface area (Å²) >= 11 is 0. The molecule has 0 unspecified atom stereocenters. The van der Waals surface area contributed by atoms with Crippen LogP contribution in [0.5, 0.6) is 0 Å². The third-order valence-electron chi connectivity index (χ3n) is 2.37. The van der Waals surface area contributed by atoms with E-state index in [1.165, 1.54) is 5.56 Å². The van der Waals surface area contributed by atoms with Crippen LogP contribution in [0, 0.1) is 6.92 Å². The van der Waals surface area contributed by atoms with Crippen LogP contribution in [-0.4, -0.2) is 10.7 Å². The first kappa shape index (κ1) is 10.6. The molecule has 0 bridgehead atoms. The number of benzene rings is 1. The smallest absolute Gasteiger partial charge is 0.0841 e. The maximum atomic E-state index is 4.52. The molecule has 0 saturated heterocycles. The van der Waals surface area contributed by atoms with Crippen LogP contribution in [0.2, 0.25) is 0 Å². The van der Waals surface area contributed by atoms with Crippen molar-refractivity contribution in [1.29, 1.82) is 0 Å². The van der Waals surface area contributed by atoms with Crippen LogP contribution < -0.4 is 0 Å². The number of hydrogen-bond donors (Lipinski definition) is 0. The molecule has 0 aliphatic heterocycles. The molecule has 0 saturated carbocycles. The molecule has 80 valence electrons. The van der Waals surface area contributed by atoms with Crippen LogP contribution >= 0.6 is 0 Å². The minimum atomic E-state index is 0.920. The van der Waals surface area contributed by atoms with Gasteiger partial charge >= 0.3 is 0 Å². The van der Waals surface area contributed by atoms with Crippen LogP contribution in [0.4, 0.5) is 5.69 Å². The summed E-state index contributed by atoms with van der Waals surface area (Å²) in [5, 5.41) is 0. The highest BCUT2D eigenvalue weighted by Crippen LogP contribution is 2.14. The third-order valence-corrected chi connectivity index (χ3v) is 2.37. The van der Waals surface area contributed by atoms with Crippen molar-refractivity contribution in [2.45, 2.75) is 13.8 Å². The molecule has 1 aromatic heterocycles. The second kappa shape index (κ2) is 4.71. The van der Waals surface area contributed by atoms with E-state index >= 15 is 0 Å². The predicted octanol–water partition coefficient (Wildman–Crippen LogP) is 3.53.